The summed E-state index contributed by atoms with van der Waals surface area (Å²) in [6.07, 6.45) is 2.67. The van der Waals surface area contributed by atoms with Gasteiger partial charge < -0.3 is 25.2 Å². The van der Waals surface area contributed by atoms with Crippen LogP contribution < -0.4 is 10.6 Å². The Kier molecular flexibility index (Phi) is 9.79. The number of unbranched alkanes of at least 4 members (excludes halogenated alkanes) is 1. The summed E-state index contributed by atoms with van der Waals surface area (Å²) in [4.78, 5) is 24.3. The number of esters is 1. The number of nitrogens with one attached hydrogen (secondary N) is 2. The molecule has 0 aliphatic heterocycles. The van der Waals surface area contributed by atoms with Crippen molar-refractivity contribution in [3.8, 4) is 5.75 Å². The van der Waals surface area contributed by atoms with Crippen LogP contribution in [0.25, 0.3) is 0 Å². The van der Waals surface area contributed by atoms with Crippen LogP contribution in [0.1, 0.15) is 52.5 Å². The molecule has 0 heterocycles. The zero-order chi connectivity index (χ0) is 21.2. The van der Waals surface area contributed by atoms with Crippen molar-refractivity contribution in [1.82, 2.24) is 10.6 Å². The lowest BCUT2D eigenvalue weighted by Crippen LogP contribution is -2.49. The molecule has 1 aromatic carbocycles. The Morgan fingerprint density at radius 3 is 2.36 bits per heavy atom. The minimum absolute atomic E-state index is 0.165. The lowest BCUT2D eigenvalue weighted by atomic mass is 10.0. The summed E-state index contributed by atoms with van der Waals surface area (Å²) < 4.78 is 10.2. The molecule has 0 aromatic heterocycles. The molecule has 0 aliphatic carbocycles. The number of carbonyl (C=O) groups excluding carboxylic acids is 2. The van der Waals surface area contributed by atoms with Gasteiger partial charge in [0.1, 0.15) is 17.4 Å². The zero-order valence-corrected chi connectivity index (χ0v) is 17.6. The van der Waals surface area contributed by atoms with Crippen molar-refractivity contribution in [2.45, 2.75) is 71.1 Å². The van der Waals surface area contributed by atoms with Crippen LogP contribution in [0.5, 0.6) is 5.75 Å². The first-order valence-electron chi connectivity index (χ1n) is 9.73. The number of carbonyl (C=O) groups is 2. The number of methoxy groups -OCH3 is 1. The molecule has 7 heteroatoms. The van der Waals surface area contributed by atoms with E-state index in [1.165, 1.54) is 7.11 Å². The first-order valence-corrected chi connectivity index (χ1v) is 9.73. The Morgan fingerprint density at radius 1 is 1.18 bits per heavy atom. The number of hydrogen-bond donors (Lipinski definition) is 3. The van der Waals surface area contributed by atoms with Crippen molar-refractivity contribution in [1.29, 1.82) is 0 Å². The van der Waals surface area contributed by atoms with Crippen LogP contribution in [0.2, 0.25) is 0 Å². The maximum atomic E-state index is 12.2. The van der Waals surface area contributed by atoms with Crippen LogP contribution in [-0.4, -0.2) is 48.5 Å². The Labute approximate surface area is 167 Å². The normalized spacial score (nSPS) is 13.5. The molecule has 0 fully saturated rings. The monoisotopic (exact) mass is 394 g/mol. The second-order valence-electron chi connectivity index (χ2n) is 7.84. The third-order valence-corrected chi connectivity index (χ3v) is 4.10. The average molecular weight is 395 g/mol. The van der Waals surface area contributed by atoms with Crippen LogP contribution in [0, 0.1) is 0 Å². The van der Waals surface area contributed by atoms with Gasteiger partial charge in [-0.05, 0) is 51.3 Å². The van der Waals surface area contributed by atoms with E-state index in [2.05, 4.69) is 17.6 Å². The van der Waals surface area contributed by atoms with Crippen molar-refractivity contribution in [2.24, 2.45) is 0 Å². The molecule has 0 bridgehead atoms. The fraction of sp³-hybridized carbons (Fsp3) is 0.619. The highest BCUT2D eigenvalue weighted by Gasteiger charge is 2.23. The summed E-state index contributed by atoms with van der Waals surface area (Å²) in [6.45, 7) is 7.95. The van der Waals surface area contributed by atoms with Crippen LogP contribution >= 0.6 is 0 Å². The molecule has 0 saturated carbocycles. The minimum Gasteiger partial charge on any atom is -0.508 e. The highest BCUT2D eigenvalue weighted by molar-refractivity contribution is 5.76. The van der Waals surface area contributed by atoms with Crippen LogP contribution in [0.3, 0.4) is 0 Å². The molecule has 2 atom stereocenters. The van der Waals surface area contributed by atoms with E-state index in [0.717, 1.165) is 24.8 Å². The zero-order valence-electron chi connectivity index (χ0n) is 17.6. The summed E-state index contributed by atoms with van der Waals surface area (Å²) >= 11 is 0. The molecular formula is C21H34N2O5. The molecule has 0 spiro atoms. The van der Waals surface area contributed by atoms with Gasteiger partial charge in [-0.1, -0.05) is 31.9 Å². The highest BCUT2D eigenvalue weighted by atomic mass is 16.6. The first-order chi connectivity index (χ1) is 13.1. The van der Waals surface area contributed by atoms with Gasteiger partial charge in [-0.25, -0.2) is 4.79 Å². The summed E-state index contributed by atoms with van der Waals surface area (Å²) in [6, 6.07) is 5.97. The van der Waals surface area contributed by atoms with Crippen molar-refractivity contribution in [3.63, 3.8) is 0 Å². The maximum Gasteiger partial charge on any atom is 0.407 e. The van der Waals surface area contributed by atoms with Gasteiger partial charge >= 0.3 is 12.1 Å². The van der Waals surface area contributed by atoms with E-state index in [1.807, 2.05) is 20.8 Å². The van der Waals surface area contributed by atoms with Gasteiger partial charge in [0, 0.05) is 12.6 Å². The van der Waals surface area contributed by atoms with Crippen LogP contribution in [0.4, 0.5) is 4.79 Å². The van der Waals surface area contributed by atoms with Crippen molar-refractivity contribution in [2.75, 3.05) is 13.7 Å². The Balaban J connectivity index is 2.73. The molecule has 0 saturated heterocycles. The van der Waals surface area contributed by atoms with Gasteiger partial charge in [0.2, 0.25) is 0 Å². The van der Waals surface area contributed by atoms with E-state index in [0.29, 0.717) is 13.0 Å². The van der Waals surface area contributed by atoms with E-state index in [1.54, 1.807) is 24.3 Å². The number of phenols is 1. The maximum absolute atomic E-state index is 12.2. The standard InChI is InChI=1S/C21H34N2O5/c1-6-7-8-16(23-20(26)28-21(2,3)4)14-22-18(19(25)27-5)13-15-9-11-17(24)12-10-15/h9-12,16,18,22,24H,6-8,13-14H2,1-5H3,(H,23,26)/t16-,18-/m0/s1. The molecule has 0 unspecified atom stereocenters. The molecule has 1 rings (SSSR count). The Hall–Kier alpha value is -2.28. The van der Waals surface area contributed by atoms with Gasteiger partial charge in [-0.3, -0.25) is 4.79 Å². The summed E-state index contributed by atoms with van der Waals surface area (Å²) in [5, 5.41) is 15.5. The van der Waals surface area contributed by atoms with Crippen LogP contribution in [0.15, 0.2) is 24.3 Å². The predicted octanol–water partition coefficient (Wildman–Crippen LogP) is 3.15. The van der Waals surface area contributed by atoms with Crippen molar-refractivity contribution < 1.29 is 24.2 Å². The molecule has 28 heavy (non-hydrogen) atoms. The van der Waals surface area contributed by atoms with Crippen LogP contribution in [-0.2, 0) is 20.7 Å². The molecular weight excluding hydrogens is 360 g/mol. The molecule has 1 amide bonds. The lowest BCUT2D eigenvalue weighted by Gasteiger charge is -2.25. The predicted molar refractivity (Wildman–Crippen MR) is 108 cm³/mol. The van der Waals surface area contributed by atoms with Gasteiger partial charge in [-0.2, -0.15) is 0 Å². The molecule has 1 aromatic rings. The SMILES string of the molecule is CCCC[C@@H](CN[C@@H](Cc1ccc(O)cc1)C(=O)OC)NC(=O)OC(C)(C)C. The van der Waals surface area contributed by atoms with E-state index < -0.39 is 17.7 Å². The highest BCUT2D eigenvalue weighted by Crippen LogP contribution is 2.12. The summed E-state index contributed by atoms with van der Waals surface area (Å²) in [5.41, 5.74) is 0.325. The van der Waals surface area contributed by atoms with Crippen molar-refractivity contribution in [3.05, 3.63) is 29.8 Å². The van der Waals surface area contributed by atoms with Gasteiger partial charge in [0.25, 0.3) is 0 Å². The first kappa shape index (κ1) is 23.8. The van der Waals surface area contributed by atoms with Gasteiger partial charge in [0.15, 0.2) is 0 Å². The average Bonchev–Trinajstić information content (AvgIpc) is 2.62. The number of amides is 1. The van der Waals surface area contributed by atoms with Crippen molar-refractivity contribution >= 4 is 12.1 Å². The van der Waals surface area contributed by atoms with Gasteiger partial charge in [-0.15, -0.1) is 0 Å². The number of ether oxygens (including phenoxy) is 2. The molecule has 7 nitrogen and oxygen atoms in total. The van der Waals surface area contributed by atoms with E-state index >= 15 is 0 Å². The molecule has 0 radical (unpaired) electrons. The summed E-state index contributed by atoms with van der Waals surface area (Å²) in [5.74, 6) is -0.202. The molecule has 0 aliphatic rings. The fourth-order valence-electron chi connectivity index (χ4n) is 2.68. The number of aromatic hydroxyl groups is 1. The smallest absolute Gasteiger partial charge is 0.407 e. The van der Waals surface area contributed by atoms with E-state index in [4.69, 9.17) is 9.47 Å². The number of benzene rings is 1. The summed E-state index contributed by atoms with van der Waals surface area (Å²) in [7, 11) is 1.35. The second-order valence-corrected chi connectivity index (χ2v) is 7.84. The van der Waals surface area contributed by atoms with E-state index in [9.17, 15) is 14.7 Å². The molecule has 158 valence electrons. The quantitative estimate of drug-likeness (QED) is 0.528. The number of hydrogen-bond acceptors (Lipinski definition) is 6. The minimum atomic E-state index is -0.569. The number of phenolic OH excluding ortho intramolecular Hbond substituents is 1. The van der Waals surface area contributed by atoms with E-state index in [-0.39, 0.29) is 17.8 Å². The lowest BCUT2D eigenvalue weighted by molar-refractivity contribution is -0.143. The molecule has 3 N–H and O–H groups in total. The Morgan fingerprint density at radius 2 is 1.82 bits per heavy atom. The topological polar surface area (TPSA) is 96.9 Å². The van der Waals surface area contributed by atoms with Gasteiger partial charge in [0.05, 0.1) is 7.11 Å². The largest absolute Gasteiger partial charge is 0.508 e. The third-order valence-electron chi connectivity index (χ3n) is 4.10. The second kappa shape index (κ2) is 11.5. The fourth-order valence-corrected chi connectivity index (χ4v) is 2.68. The third kappa shape index (κ3) is 9.60. The Bertz CT molecular complexity index is 610. The number of alkyl carbamates (subject to hydrolysis) is 1. The number of rotatable bonds is 10.